The van der Waals surface area contributed by atoms with E-state index in [-0.39, 0.29) is 24.0 Å². The van der Waals surface area contributed by atoms with E-state index < -0.39 is 0 Å². The van der Waals surface area contributed by atoms with Gasteiger partial charge in [-0.1, -0.05) is 37.3 Å². The molecule has 3 unspecified atom stereocenters. The van der Waals surface area contributed by atoms with Gasteiger partial charge in [0.05, 0.1) is 12.1 Å². The molecule has 20 heavy (non-hydrogen) atoms. The maximum Gasteiger partial charge on any atom is 0.224 e. The van der Waals surface area contributed by atoms with Crippen LogP contribution in [0.2, 0.25) is 0 Å². The molecule has 1 heterocycles. The minimum atomic E-state index is -0.0505. The van der Waals surface area contributed by atoms with Crippen molar-refractivity contribution in [2.75, 3.05) is 20.2 Å². The summed E-state index contributed by atoms with van der Waals surface area (Å²) < 4.78 is 5.78. The molecule has 1 saturated heterocycles. The number of amides is 1. The molecular formula is C16H24N2O2. The highest BCUT2D eigenvalue weighted by Gasteiger charge is 2.29. The lowest BCUT2D eigenvalue weighted by molar-refractivity contribution is -0.126. The minimum Gasteiger partial charge on any atom is -0.376 e. The largest absolute Gasteiger partial charge is 0.376 e. The first-order chi connectivity index (χ1) is 9.72. The van der Waals surface area contributed by atoms with E-state index in [2.05, 4.69) is 22.8 Å². The molecule has 4 nitrogen and oxygen atoms in total. The average Bonchev–Trinajstić information content (AvgIpc) is 2.99. The van der Waals surface area contributed by atoms with Crippen molar-refractivity contribution in [1.82, 2.24) is 10.6 Å². The molecule has 2 N–H and O–H groups in total. The summed E-state index contributed by atoms with van der Waals surface area (Å²) >= 11 is 0. The lowest BCUT2D eigenvalue weighted by Gasteiger charge is -2.26. The highest BCUT2D eigenvalue weighted by molar-refractivity contribution is 5.79. The monoisotopic (exact) mass is 276 g/mol. The van der Waals surface area contributed by atoms with Crippen LogP contribution in [0, 0.1) is 5.92 Å². The number of hydrogen-bond acceptors (Lipinski definition) is 3. The number of carbonyl (C=O) groups is 1. The normalized spacial score (nSPS) is 21.4. The van der Waals surface area contributed by atoms with Crippen LogP contribution in [0.5, 0.6) is 0 Å². The van der Waals surface area contributed by atoms with E-state index in [1.165, 1.54) is 0 Å². The summed E-state index contributed by atoms with van der Waals surface area (Å²) in [7, 11) is 1.86. The van der Waals surface area contributed by atoms with E-state index >= 15 is 0 Å². The van der Waals surface area contributed by atoms with Crippen LogP contribution in [0.1, 0.15) is 31.4 Å². The van der Waals surface area contributed by atoms with Crippen molar-refractivity contribution in [2.24, 2.45) is 5.92 Å². The number of hydrogen-bond donors (Lipinski definition) is 2. The summed E-state index contributed by atoms with van der Waals surface area (Å²) in [5.41, 5.74) is 1.12. The van der Waals surface area contributed by atoms with E-state index in [4.69, 9.17) is 4.74 Å². The fraction of sp³-hybridized carbons (Fsp3) is 0.562. The number of benzene rings is 1. The Labute approximate surface area is 120 Å². The highest BCUT2D eigenvalue weighted by Crippen LogP contribution is 2.27. The number of ether oxygens (including phenoxy) is 1. The zero-order chi connectivity index (χ0) is 14.4. The molecule has 3 atom stereocenters. The molecule has 1 aliphatic rings. The van der Waals surface area contributed by atoms with Crippen molar-refractivity contribution in [3.05, 3.63) is 35.9 Å². The van der Waals surface area contributed by atoms with Gasteiger partial charge in [-0.3, -0.25) is 4.79 Å². The molecule has 4 heteroatoms. The lowest BCUT2D eigenvalue weighted by Crippen LogP contribution is -2.41. The van der Waals surface area contributed by atoms with Crippen LogP contribution in [0.3, 0.4) is 0 Å². The maximum absolute atomic E-state index is 12.3. The summed E-state index contributed by atoms with van der Waals surface area (Å²) in [5.74, 6) is 0.0244. The zero-order valence-corrected chi connectivity index (χ0v) is 12.3. The Hall–Kier alpha value is -1.39. The molecule has 1 aromatic rings. The van der Waals surface area contributed by atoms with Crippen LogP contribution in [-0.4, -0.2) is 32.2 Å². The summed E-state index contributed by atoms with van der Waals surface area (Å²) in [5, 5.41) is 6.19. The third-order valence-electron chi connectivity index (χ3n) is 3.75. The molecule has 1 aromatic carbocycles. The molecule has 1 amide bonds. The Balaban J connectivity index is 2.09. The standard InChI is InChI=1S/C16H24N2O2/c1-12(11-17-2)16(19)18-15(14-9-6-10-20-14)13-7-4-3-5-8-13/h3-5,7-8,12,14-15,17H,6,9-11H2,1-2H3,(H,18,19). The molecule has 0 aliphatic carbocycles. The molecule has 0 spiro atoms. The SMILES string of the molecule is CNCC(C)C(=O)NC(c1ccccc1)C1CCCO1. The fourth-order valence-corrected chi connectivity index (χ4v) is 2.61. The van der Waals surface area contributed by atoms with Gasteiger partial charge in [0.2, 0.25) is 5.91 Å². The van der Waals surface area contributed by atoms with Crippen molar-refractivity contribution < 1.29 is 9.53 Å². The second-order valence-corrected chi connectivity index (χ2v) is 5.41. The molecule has 110 valence electrons. The van der Waals surface area contributed by atoms with Gasteiger partial charge in [-0.15, -0.1) is 0 Å². The second kappa shape index (κ2) is 7.41. The van der Waals surface area contributed by atoms with Gasteiger partial charge in [0.25, 0.3) is 0 Å². The highest BCUT2D eigenvalue weighted by atomic mass is 16.5. The van der Waals surface area contributed by atoms with Crippen LogP contribution in [0.4, 0.5) is 0 Å². The fourth-order valence-electron chi connectivity index (χ4n) is 2.61. The molecule has 0 saturated carbocycles. The second-order valence-electron chi connectivity index (χ2n) is 5.41. The van der Waals surface area contributed by atoms with Gasteiger partial charge < -0.3 is 15.4 Å². The van der Waals surface area contributed by atoms with Gasteiger partial charge in [-0.05, 0) is 25.5 Å². The first kappa shape index (κ1) is 15.0. The summed E-state index contributed by atoms with van der Waals surface area (Å²) in [6, 6.07) is 10.0. The molecule has 0 aromatic heterocycles. The van der Waals surface area contributed by atoms with Gasteiger partial charge in [0.15, 0.2) is 0 Å². The zero-order valence-electron chi connectivity index (χ0n) is 12.3. The van der Waals surface area contributed by atoms with Crippen LogP contribution < -0.4 is 10.6 Å². The predicted octanol–water partition coefficient (Wildman–Crippen LogP) is 1.88. The van der Waals surface area contributed by atoms with Gasteiger partial charge in [0.1, 0.15) is 0 Å². The van der Waals surface area contributed by atoms with Crippen molar-refractivity contribution >= 4 is 5.91 Å². The van der Waals surface area contributed by atoms with Crippen LogP contribution in [0.25, 0.3) is 0 Å². The van der Waals surface area contributed by atoms with Crippen LogP contribution in [-0.2, 0) is 9.53 Å². The number of nitrogens with one attached hydrogen (secondary N) is 2. The van der Waals surface area contributed by atoms with Crippen LogP contribution >= 0.6 is 0 Å². The quantitative estimate of drug-likeness (QED) is 0.834. The molecule has 0 radical (unpaired) electrons. The van der Waals surface area contributed by atoms with Crippen molar-refractivity contribution in [3.63, 3.8) is 0 Å². The Kier molecular flexibility index (Phi) is 5.56. The van der Waals surface area contributed by atoms with E-state index in [0.717, 1.165) is 25.0 Å². The third kappa shape index (κ3) is 3.81. The van der Waals surface area contributed by atoms with E-state index in [0.29, 0.717) is 6.54 Å². The van der Waals surface area contributed by atoms with E-state index in [1.54, 1.807) is 0 Å². The molecule has 1 fully saturated rings. The first-order valence-corrected chi connectivity index (χ1v) is 7.34. The Bertz CT molecular complexity index is 416. The van der Waals surface area contributed by atoms with Crippen molar-refractivity contribution in [2.45, 2.75) is 31.9 Å². The van der Waals surface area contributed by atoms with Gasteiger partial charge in [-0.2, -0.15) is 0 Å². The molecule has 2 rings (SSSR count). The summed E-state index contributed by atoms with van der Waals surface area (Å²) in [6.07, 6.45) is 2.15. The molecule has 0 bridgehead atoms. The smallest absolute Gasteiger partial charge is 0.224 e. The Morgan fingerprint density at radius 3 is 2.75 bits per heavy atom. The summed E-state index contributed by atoms with van der Waals surface area (Å²) in [6.45, 7) is 3.40. The number of rotatable bonds is 6. The average molecular weight is 276 g/mol. The maximum atomic E-state index is 12.3. The topological polar surface area (TPSA) is 50.4 Å². The van der Waals surface area contributed by atoms with E-state index in [1.807, 2.05) is 32.2 Å². The third-order valence-corrected chi connectivity index (χ3v) is 3.75. The van der Waals surface area contributed by atoms with Crippen molar-refractivity contribution in [3.8, 4) is 0 Å². The van der Waals surface area contributed by atoms with Crippen molar-refractivity contribution in [1.29, 1.82) is 0 Å². The first-order valence-electron chi connectivity index (χ1n) is 7.34. The number of carbonyl (C=O) groups excluding carboxylic acids is 1. The van der Waals surface area contributed by atoms with Gasteiger partial charge >= 0.3 is 0 Å². The Morgan fingerprint density at radius 2 is 2.15 bits per heavy atom. The lowest BCUT2D eigenvalue weighted by atomic mass is 9.98. The van der Waals surface area contributed by atoms with Gasteiger partial charge in [0, 0.05) is 19.1 Å². The molecular weight excluding hydrogens is 252 g/mol. The van der Waals surface area contributed by atoms with E-state index in [9.17, 15) is 4.79 Å². The molecule has 1 aliphatic heterocycles. The summed E-state index contributed by atoms with van der Waals surface area (Å²) in [4.78, 5) is 12.3. The van der Waals surface area contributed by atoms with Crippen LogP contribution in [0.15, 0.2) is 30.3 Å². The van der Waals surface area contributed by atoms with Gasteiger partial charge in [-0.25, -0.2) is 0 Å². The predicted molar refractivity (Wildman–Crippen MR) is 79.4 cm³/mol. The Morgan fingerprint density at radius 1 is 1.40 bits per heavy atom. The minimum absolute atomic E-state index is 0.0485.